The number of hydrogen-bond donors (Lipinski definition) is 1. The molecule has 0 radical (unpaired) electrons. The molecule has 1 N–H and O–H groups in total. The molecule has 0 aliphatic heterocycles. The third-order valence-electron chi connectivity index (χ3n) is 3.80. The second-order valence-electron chi connectivity index (χ2n) is 5.75. The average Bonchev–Trinajstić information content (AvgIpc) is 3.10. The van der Waals surface area contributed by atoms with Gasteiger partial charge in [-0.2, -0.15) is 0 Å². The Morgan fingerprint density at radius 3 is 2.52 bits per heavy atom. The van der Waals surface area contributed by atoms with Crippen LogP contribution in [0.15, 0.2) is 58.3 Å². The largest absolute Gasteiger partial charge is 0.325 e. The van der Waals surface area contributed by atoms with Crippen molar-refractivity contribution in [3.8, 4) is 11.3 Å². The van der Waals surface area contributed by atoms with Crippen LogP contribution in [0.5, 0.6) is 0 Å². The Hall–Kier alpha value is -2.11. The Labute approximate surface area is 156 Å². The van der Waals surface area contributed by atoms with Gasteiger partial charge < -0.3 is 5.32 Å². The van der Waals surface area contributed by atoms with Crippen molar-refractivity contribution in [2.45, 2.75) is 24.6 Å². The minimum Gasteiger partial charge on any atom is -0.325 e. The lowest BCUT2D eigenvalue weighted by Crippen LogP contribution is -2.13. The van der Waals surface area contributed by atoms with Crippen LogP contribution < -0.4 is 5.32 Å². The van der Waals surface area contributed by atoms with E-state index in [4.69, 9.17) is 0 Å². The maximum absolute atomic E-state index is 12.1. The van der Waals surface area contributed by atoms with Crippen molar-refractivity contribution in [3.05, 3.63) is 65.0 Å². The zero-order valence-corrected chi connectivity index (χ0v) is 15.9. The highest BCUT2D eigenvalue weighted by Gasteiger charge is 2.08. The summed E-state index contributed by atoms with van der Waals surface area (Å²) in [5.41, 5.74) is 5.40. The summed E-state index contributed by atoms with van der Waals surface area (Å²) in [6.45, 7) is 4.18. The Balaban J connectivity index is 1.54. The van der Waals surface area contributed by atoms with Crippen LogP contribution >= 0.6 is 23.1 Å². The SMILES string of the molecule is CCc1ccc(NC(=O)CSc2nc(-c3ccc(C)cc3)cs2)cc1. The summed E-state index contributed by atoms with van der Waals surface area (Å²) >= 11 is 3.04. The fourth-order valence-electron chi connectivity index (χ4n) is 2.33. The first kappa shape index (κ1) is 17.7. The normalized spacial score (nSPS) is 10.6. The topological polar surface area (TPSA) is 42.0 Å². The molecule has 1 aromatic heterocycles. The van der Waals surface area contributed by atoms with Gasteiger partial charge in [-0.3, -0.25) is 4.79 Å². The first-order chi connectivity index (χ1) is 12.1. The van der Waals surface area contributed by atoms with Crippen molar-refractivity contribution in [2.24, 2.45) is 0 Å². The molecule has 25 heavy (non-hydrogen) atoms. The van der Waals surface area contributed by atoms with Gasteiger partial charge in [0.1, 0.15) is 0 Å². The molecular weight excluding hydrogens is 348 g/mol. The highest BCUT2D eigenvalue weighted by Crippen LogP contribution is 2.28. The number of carbonyl (C=O) groups is 1. The monoisotopic (exact) mass is 368 g/mol. The molecule has 0 aliphatic rings. The number of aromatic nitrogens is 1. The average molecular weight is 369 g/mol. The number of nitrogens with zero attached hydrogens (tertiary/aromatic N) is 1. The number of rotatable bonds is 6. The molecule has 3 aromatic rings. The number of amides is 1. The van der Waals surface area contributed by atoms with Crippen LogP contribution in [0, 0.1) is 6.92 Å². The van der Waals surface area contributed by atoms with Crippen molar-refractivity contribution in [3.63, 3.8) is 0 Å². The Bertz CT molecular complexity index is 839. The summed E-state index contributed by atoms with van der Waals surface area (Å²) in [7, 11) is 0. The van der Waals surface area contributed by atoms with Crippen molar-refractivity contribution in [1.82, 2.24) is 4.98 Å². The van der Waals surface area contributed by atoms with Gasteiger partial charge in [-0.15, -0.1) is 11.3 Å². The summed E-state index contributed by atoms with van der Waals surface area (Å²) in [5, 5.41) is 4.96. The third kappa shape index (κ3) is 4.94. The molecule has 0 unspecified atom stereocenters. The summed E-state index contributed by atoms with van der Waals surface area (Å²) < 4.78 is 0.909. The molecule has 3 rings (SSSR count). The van der Waals surface area contributed by atoms with E-state index in [1.807, 2.05) is 29.6 Å². The molecule has 1 heterocycles. The number of hydrogen-bond acceptors (Lipinski definition) is 4. The molecule has 3 nitrogen and oxygen atoms in total. The van der Waals surface area contributed by atoms with Gasteiger partial charge in [0.25, 0.3) is 0 Å². The molecule has 0 saturated heterocycles. The fraction of sp³-hybridized carbons (Fsp3) is 0.200. The van der Waals surface area contributed by atoms with Crippen LogP contribution in [0.3, 0.4) is 0 Å². The fourth-order valence-corrected chi connectivity index (χ4v) is 3.96. The molecule has 0 fully saturated rings. The molecule has 0 bridgehead atoms. The van der Waals surface area contributed by atoms with Crippen molar-refractivity contribution in [2.75, 3.05) is 11.1 Å². The van der Waals surface area contributed by atoms with E-state index in [0.29, 0.717) is 5.75 Å². The zero-order chi connectivity index (χ0) is 17.6. The quantitative estimate of drug-likeness (QED) is 0.591. The Morgan fingerprint density at radius 2 is 1.84 bits per heavy atom. The second-order valence-corrected chi connectivity index (χ2v) is 7.83. The van der Waals surface area contributed by atoms with Crippen molar-refractivity contribution < 1.29 is 4.79 Å². The maximum atomic E-state index is 12.1. The highest BCUT2D eigenvalue weighted by molar-refractivity contribution is 8.01. The van der Waals surface area contributed by atoms with E-state index in [0.717, 1.165) is 27.7 Å². The number of nitrogens with one attached hydrogen (secondary N) is 1. The van der Waals surface area contributed by atoms with Crippen LogP contribution in [-0.4, -0.2) is 16.6 Å². The standard InChI is InChI=1S/C20H20N2OS2/c1-3-15-6-10-17(11-7-15)21-19(23)13-25-20-22-18(12-24-20)16-8-4-14(2)5-9-16/h4-12H,3,13H2,1-2H3,(H,21,23). The lowest BCUT2D eigenvalue weighted by atomic mass is 10.1. The van der Waals surface area contributed by atoms with Gasteiger partial charge in [0.2, 0.25) is 5.91 Å². The first-order valence-corrected chi connectivity index (χ1v) is 10.0. The van der Waals surface area contributed by atoms with E-state index in [-0.39, 0.29) is 5.91 Å². The van der Waals surface area contributed by atoms with Gasteiger partial charge in [0.15, 0.2) is 4.34 Å². The Kier molecular flexibility index (Phi) is 5.89. The van der Waals surface area contributed by atoms with Gasteiger partial charge in [-0.05, 0) is 31.0 Å². The maximum Gasteiger partial charge on any atom is 0.234 e. The Morgan fingerprint density at radius 1 is 1.12 bits per heavy atom. The first-order valence-electron chi connectivity index (χ1n) is 8.18. The van der Waals surface area contributed by atoms with Crippen LogP contribution in [0.1, 0.15) is 18.1 Å². The lowest BCUT2D eigenvalue weighted by molar-refractivity contribution is -0.113. The summed E-state index contributed by atoms with van der Waals surface area (Å²) in [6.07, 6.45) is 0.997. The lowest BCUT2D eigenvalue weighted by Gasteiger charge is -2.05. The third-order valence-corrected chi connectivity index (χ3v) is 5.82. The summed E-state index contributed by atoms with van der Waals surface area (Å²) in [5.74, 6) is 0.345. The molecule has 0 atom stereocenters. The van der Waals surface area contributed by atoms with Crippen LogP contribution in [0.4, 0.5) is 5.69 Å². The number of benzene rings is 2. The number of aryl methyl sites for hydroxylation is 2. The van der Waals surface area contributed by atoms with Gasteiger partial charge in [-0.25, -0.2) is 4.98 Å². The predicted molar refractivity (Wildman–Crippen MR) is 107 cm³/mol. The van der Waals surface area contributed by atoms with Gasteiger partial charge in [0, 0.05) is 16.6 Å². The molecule has 128 valence electrons. The highest BCUT2D eigenvalue weighted by atomic mass is 32.2. The van der Waals surface area contributed by atoms with Gasteiger partial charge in [0.05, 0.1) is 11.4 Å². The van der Waals surface area contributed by atoms with Crippen LogP contribution in [0.2, 0.25) is 0 Å². The molecule has 2 aromatic carbocycles. The molecule has 0 aliphatic carbocycles. The number of carbonyl (C=O) groups excluding carboxylic acids is 1. The number of thioether (sulfide) groups is 1. The second kappa shape index (κ2) is 8.32. The summed E-state index contributed by atoms with van der Waals surface area (Å²) in [4.78, 5) is 16.7. The van der Waals surface area contributed by atoms with E-state index >= 15 is 0 Å². The van der Waals surface area contributed by atoms with Gasteiger partial charge >= 0.3 is 0 Å². The molecule has 1 amide bonds. The van der Waals surface area contributed by atoms with E-state index in [9.17, 15) is 4.79 Å². The number of anilines is 1. The van der Waals surface area contributed by atoms with Crippen LogP contribution in [-0.2, 0) is 11.2 Å². The molecule has 0 spiro atoms. The van der Waals surface area contributed by atoms with E-state index in [2.05, 4.69) is 48.4 Å². The minimum absolute atomic E-state index is 0.0127. The van der Waals surface area contributed by atoms with E-state index in [1.54, 1.807) is 11.3 Å². The smallest absolute Gasteiger partial charge is 0.234 e. The van der Waals surface area contributed by atoms with Gasteiger partial charge in [-0.1, -0.05) is 60.6 Å². The molecule has 5 heteroatoms. The van der Waals surface area contributed by atoms with E-state index < -0.39 is 0 Å². The van der Waals surface area contributed by atoms with E-state index in [1.165, 1.54) is 22.9 Å². The van der Waals surface area contributed by atoms with Crippen molar-refractivity contribution in [1.29, 1.82) is 0 Å². The molecular formula is C20H20N2OS2. The number of thiazole rings is 1. The zero-order valence-electron chi connectivity index (χ0n) is 14.3. The predicted octanol–water partition coefficient (Wildman–Crippen LogP) is 5.41. The summed E-state index contributed by atoms with van der Waals surface area (Å²) in [6, 6.07) is 16.3. The minimum atomic E-state index is -0.0127. The van der Waals surface area contributed by atoms with Crippen LogP contribution in [0.25, 0.3) is 11.3 Å². The van der Waals surface area contributed by atoms with Crippen molar-refractivity contribution >= 4 is 34.7 Å². The molecule has 0 saturated carbocycles.